The number of rotatable bonds is 5. The first-order valence-corrected chi connectivity index (χ1v) is 10.2. The van der Waals surface area contributed by atoms with Crippen LogP contribution in [-0.2, 0) is 20.7 Å². The van der Waals surface area contributed by atoms with Crippen molar-refractivity contribution < 1.29 is 23.7 Å². The number of aromatic nitrogens is 1. The Balaban J connectivity index is 1.82. The predicted octanol–water partition coefficient (Wildman–Crippen LogP) is 3.61. The molecule has 1 fully saturated rings. The van der Waals surface area contributed by atoms with E-state index in [0.29, 0.717) is 31.5 Å². The van der Waals surface area contributed by atoms with Crippen LogP contribution in [0.2, 0.25) is 0 Å². The highest BCUT2D eigenvalue weighted by Gasteiger charge is 2.48. The number of quaternary nitrogens is 1. The lowest BCUT2D eigenvalue weighted by Crippen LogP contribution is -2.57. The molecule has 1 unspecified atom stereocenters. The third-order valence-electron chi connectivity index (χ3n) is 6.67. The number of H-pyrrole nitrogens is 1. The molecule has 1 saturated heterocycles. The van der Waals surface area contributed by atoms with Gasteiger partial charge in [-0.3, -0.25) is 0 Å². The normalized spacial score (nSPS) is 28.4. The largest absolute Gasteiger partial charge is 0.632 e. The molecule has 0 spiro atoms. The lowest BCUT2D eigenvalue weighted by atomic mass is 9.74. The smallest absolute Gasteiger partial charge is 0.337 e. The molecule has 160 valence electrons. The minimum atomic E-state index is -0.436. The first-order chi connectivity index (χ1) is 14.5. The van der Waals surface area contributed by atoms with Gasteiger partial charge in [-0.25, -0.2) is 4.79 Å². The summed E-state index contributed by atoms with van der Waals surface area (Å²) in [7, 11) is 4.52. The maximum Gasteiger partial charge on any atom is 0.337 e. The Bertz CT molecular complexity index is 1010. The van der Waals surface area contributed by atoms with Crippen molar-refractivity contribution in [1.82, 2.24) is 4.98 Å². The zero-order chi connectivity index (χ0) is 21.5. The number of hydrogen-bond acceptors (Lipinski definition) is 5. The molecule has 7 heteroatoms. The number of hydrogen-bond donors (Lipinski definition) is 1. The van der Waals surface area contributed by atoms with Crippen molar-refractivity contribution in [1.29, 1.82) is 0 Å². The summed E-state index contributed by atoms with van der Waals surface area (Å²) in [5.41, 5.74) is 3.50. The first kappa shape index (κ1) is 20.5. The monoisotopic (exact) mass is 412 g/mol. The molecule has 2 aliphatic heterocycles. The molecule has 0 radical (unpaired) electrons. The van der Waals surface area contributed by atoms with Crippen LogP contribution in [0.1, 0.15) is 23.7 Å². The van der Waals surface area contributed by atoms with Gasteiger partial charge in [0.2, 0.25) is 0 Å². The van der Waals surface area contributed by atoms with E-state index >= 15 is 0 Å². The molecule has 7 nitrogen and oxygen atoms in total. The second kappa shape index (κ2) is 7.81. The topological polar surface area (TPSA) is 83.6 Å². The highest BCUT2D eigenvalue weighted by molar-refractivity contribution is 5.91. The summed E-state index contributed by atoms with van der Waals surface area (Å²) < 4.78 is 15.4. The zero-order valence-corrected chi connectivity index (χ0v) is 17.6. The minimum absolute atomic E-state index is 0.139. The fraction of sp³-hybridized carbons (Fsp3) is 0.435. The molecule has 2 aliphatic rings. The Morgan fingerprint density at radius 3 is 2.80 bits per heavy atom. The molecule has 0 bridgehead atoms. The van der Waals surface area contributed by atoms with E-state index in [0.717, 1.165) is 27.9 Å². The summed E-state index contributed by atoms with van der Waals surface area (Å²) >= 11 is 0. The van der Waals surface area contributed by atoms with Crippen LogP contribution in [0.5, 0.6) is 5.75 Å². The van der Waals surface area contributed by atoms with Crippen molar-refractivity contribution in [2.75, 3.05) is 34.4 Å². The van der Waals surface area contributed by atoms with Crippen molar-refractivity contribution in [3.05, 3.63) is 59.2 Å². The number of methoxy groups -OCH3 is 3. The van der Waals surface area contributed by atoms with Crippen molar-refractivity contribution in [2.24, 2.45) is 11.8 Å². The van der Waals surface area contributed by atoms with Crippen molar-refractivity contribution in [3.63, 3.8) is 0 Å². The van der Waals surface area contributed by atoms with Gasteiger partial charge >= 0.3 is 5.97 Å². The number of carbonyl (C=O) groups excluding carboxylic acids is 1. The lowest BCUT2D eigenvalue weighted by molar-refractivity contribution is -0.923. The van der Waals surface area contributed by atoms with Crippen molar-refractivity contribution in [3.8, 4) is 5.75 Å². The molecule has 3 heterocycles. The van der Waals surface area contributed by atoms with E-state index in [9.17, 15) is 10.0 Å². The Morgan fingerprint density at radius 1 is 1.33 bits per heavy atom. The van der Waals surface area contributed by atoms with Crippen LogP contribution in [0.25, 0.3) is 10.9 Å². The number of nitrogens with one attached hydrogen (secondary N) is 1. The Kier molecular flexibility index (Phi) is 5.34. The summed E-state index contributed by atoms with van der Waals surface area (Å²) in [4.78, 5) is 16.0. The molecule has 0 saturated carbocycles. The van der Waals surface area contributed by atoms with E-state index in [4.69, 9.17) is 14.2 Å². The second-order valence-electron chi connectivity index (χ2n) is 8.07. The van der Waals surface area contributed by atoms with Crippen LogP contribution >= 0.6 is 0 Å². The maximum atomic E-state index is 13.9. The van der Waals surface area contributed by atoms with Gasteiger partial charge in [0, 0.05) is 35.6 Å². The number of hydroxylamine groups is 3. The standard InChI is InChI=1S/C23H28N2O5/c1-5-14-12-25(27)10-9-15-21-18(7-6-8-20(21)29-3)24-22(15)19(25)11-16(14)17(13-28-2)23(26)30-4/h5-8,13-14,16,19,24H,1,9-12H2,2-4H3/b17-13+/t14-,16-,19+,25?/m0/s1. The van der Waals surface area contributed by atoms with Gasteiger partial charge in [0.05, 0.1) is 51.9 Å². The van der Waals surface area contributed by atoms with Crippen molar-refractivity contribution >= 4 is 16.9 Å². The Hall–Kier alpha value is -2.77. The van der Waals surface area contributed by atoms with Crippen LogP contribution in [0.3, 0.4) is 0 Å². The molecule has 2 aromatic rings. The molecule has 0 amide bonds. The summed E-state index contributed by atoms with van der Waals surface area (Å²) in [5, 5.41) is 15.0. The number of nitrogens with zero attached hydrogens (tertiary/aromatic N) is 1. The van der Waals surface area contributed by atoms with Gasteiger partial charge in [-0.1, -0.05) is 12.1 Å². The van der Waals surface area contributed by atoms with Gasteiger partial charge in [-0.05, 0) is 17.7 Å². The number of carbonyl (C=O) groups is 1. The molecular formula is C23H28N2O5. The Labute approximate surface area is 176 Å². The van der Waals surface area contributed by atoms with Crippen LogP contribution in [0.4, 0.5) is 0 Å². The summed E-state index contributed by atoms with van der Waals surface area (Å²) in [5.74, 6) is 0.0229. The third-order valence-corrected chi connectivity index (χ3v) is 6.67. The summed E-state index contributed by atoms with van der Waals surface area (Å²) in [6, 6.07) is 5.58. The highest BCUT2D eigenvalue weighted by Crippen LogP contribution is 2.50. The molecule has 4 atom stereocenters. The Morgan fingerprint density at radius 2 is 2.13 bits per heavy atom. The van der Waals surface area contributed by atoms with E-state index in [-0.39, 0.29) is 22.5 Å². The SMILES string of the molecule is C=C[C@H]1C[N+]2([O-])CCc3c([nH]c4cccc(OC)c34)[C@H]2C[C@@H]1/C(=C\OC)C(=O)OC. The number of esters is 1. The maximum absolute atomic E-state index is 13.9. The van der Waals surface area contributed by atoms with Crippen LogP contribution in [-0.4, -0.2) is 50.0 Å². The molecular weight excluding hydrogens is 384 g/mol. The van der Waals surface area contributed by atoms with Crippen LogP contribution in [0.15, 0.2) is 42.7 Å². The van der Waals surface area contributed by atoms with E-state index in [2.05, 4.69) is 11.6 Å². The van der Waals surface area contributed by atoms with Crippen LogP contribution in [0, 0.1) is 17.0 Å². The predicted molar refractivity (Wildman–Crippen MR) is 114 cm³/mol. The summed E-state index contributed by atoms with van der Waals surface area (Å²) in [6.45, 7) is 4.79. The quantitative estimate of drug-likeness (QED) is 0.203. The number of ether oxygens (including phenoxy) is 3. The minimum Gasteiger partial charge on any atom is -0.632 e. The van der Waals surface area contributed by atoms with Gasteiger partial charge in [0.25, 0.3) is 0 Å². The summed E-state index contributed by atoms with van der Waals surface area (Å²) in [6.07, 6.45) is 4.42. The average Bonchev–Trinajstić information content (AvgIpc) is 3.14. The lowest BCUT2D eigenvalue weighted by Gasteiger charge is -2.57. The third kappa shape index (κ3) is 3.09. The fourth-order valence-electron chi connectivity index (χ4n) is 5.26. The second-order valence-corrected chi connectivity index (χ2v) is 8.07. The molecule has 1 aromatic carbocycles. The zero-order valence-electron chi connectivity index (χ0n) is 17.6. The van der Waals surface area contributed by atoms with Crippen molar-refractivity contribution in [2.45, 2.75) is 18.9 Å². The molecule has 4 rings (SSSR count). The first-order valence-electron chi connectivity index (χ1n) is 10.2. The number of fused-ring (bicyclic) bond motifs is 5. The van der Waals surface area contributed by atoms with Crippen LogP contribution < -0.4 is 4.74 Å². The molecule has 1 N–H and O–H groups in total. The molecule has 0 aliphatic carbocycles. The van der Waals surface area contributed by atoms with E-state index < -0.39 is 5.97 Å². The van der Waals surface area contributed by atoms with Gasteiger partial charge in [-0.2, -0.15) is 0 Å². The van der Waals surface area contributed by atoms with Gasteiger partial charge in [-0.15, -0.1) is 6.58 Å². The fourth-order valence-corrected chi connectivity index (χ4v) is 5.26. The van der Waals surface area contributed by atoms with Gasteiger partial charge in [0.1, 0.15) is 11.8 Å². The van der Waals surface area contributed by atoms with E-state index in [1.165, 1.54) is 20.5 Å². The van der Waals surface area contributed by atoms with E-state index in [1.807, 2.05) is 18.2 Å². The molecule has 1 aromatic heterocycles. The molecule has 30 heavy (non-hydrogen) atoms. The number of piperidine rings is 1. The number of aromatic amines is 1. The van der Waals surface area contributed by atoms with Gasteiger partial charge in [0.15, 0.2) is 0 Å². The highest BCUT2D eigenvalue weighted by atomic mass is 16.5. The number of benzene rings is 1. The van der Waals surface area contributed by atoms with E-state index in [1.54, 1.807) is 13.2 Å². The average molecular weight is 412 g/mol. The van der Waals surface area contributed by atoms with Gasteiger partial charge < -0.3 is 29.0 Å².